The Bertz CT molecular complexity index is 428. The predicted octanol–water partition coefficient (Wildman–Crippen LogP) is 2.35. The number of halogens is 1. The van der Waals surface area contributed by atoms with Crippen LogP contribution in [0.5, 0.6) is 5.88 Å². The van der Waals surface area contributed by atoms with Gasteiger partial charge >= 0.3 is 0 Å². The van der Waals surface area contributed by atoms with Crippen LogP contribution in [0.2, 0.25) is 5.15 Å². The van der Waals surface area contributed by atoms with Crippen molar-refractivity contribution in [3.63, 3.8) is 0 Å². The first-order valence-electron chi connectivity index (χ1n) is 6.58. The highest BCUT2D eigenvalue weighted by Gasteiger charge is 2.33. The third-order valence-electron chi connectivity index (χ3n) is 4.00. The first-order valence-corrected chi connectivity index (χ1v) is 6.96. The van der Waals surface area contributed by atoms with Gasteiger partial charge in [-0.05, 0) is 38.5 Å². The topological polar surface area (TPSA) is 47.0 Å². The molecule has 18 heavy (non-hydrogen) atoms. The van der Waals surface area contributed by atoms with Gasteiger partial charge in [-0.3, -0.25) is 0 Å². The van der Waals surface area contributed by atoms with Crippen LogP contribution in [-0.4, -0.2) is 28.7 Å². The lowest BCUT2D eigenvalue weighted by Gasteiger charge is -2.28. The summed E-state index contributed by atoms with van der Waals surface area (Å²) in [5.41, 5.74) is 0.830. The molecule has 1 aromatic heterocycles. The molecule has 3 heterocycles. The van der Waals surface area contributed by atoms with Gasteiger partial charge in [-0.2, -0.15) is 0 Å². The maximum absolute atomic E-state index is 5.95. The van der Waals surface area contributed by atoms with Gasteiger partial charge in [-0.15, -0.1) is 0 Å². The normalized spacial score (nSPS) is 30.4. The molecule has 2 aliphatic heterocycles. The minimum atomic E-state index is 0.477. The van der Waals surface area contributed by atoms with E-state index in [1.54, 1.807) is 0 Å². The minimum absolute atomic E-state index is 0.477. The van der Waals surface area contributed by atoms with Crippen molar-refractivity contribution in [3.8, 4) is 5.88 Å². The summed E-state index contributed by atoms with van der Waals surface area (Å²) in [7, 11) is 0. The summed E-state index contributed by atoms with van der Waals surface area (Å²) in [5, 5.41) is 4.11. The van der Waals surface area contributed by atoms with Crippen molar-refractivity contribution in [3.05, 3.63) is 17.0 Å². The maximum atomic E-state index is 5.95. The van der Waals surface area contributed by atoms with E-state index in [1.807, 2.05) is 6.92 Å². The Labute approximate surface area is 112 Å². The summed E-state index contributed by atoms with van der Waals surface area (Å²) >= 11 is 5.95. The van der Waals surface area contributed by atoms with Crippen LogP contribution < -0.4 is 10.1 Å². The molecule has 1 aromatic rings. The van der Waals surface area contributed by atoms with Gasteiger partial charge in [-0.1, -0.05) is 11.6 Å². The third-order valence-corrected chi connectivity index (χ3v) is 4.38. The molecular weight excluding hydrogens is 250 g/mol. The van der Waals surface area contributed by atoms with E-state index in [0.29, 0.717) is 29.0 Å². The zero-order valence-electron chi connectivity index (χ0n) is 10.5. The number of hydrogen-bond acceptors (Lipinski definition) is 4. The summed E-state index contributed by atoms with van der Waals surface area (Å²) in [4.78, 5) is 8.08. The van der Waals surface area contributed by atoms with Crippen LogP contribution in [-0.2, 0) is 0 Å². The molecule has 0 aromatic carbocycles. The molecule has 4 nitrogen and oxygen atoms in total. The van der Waals surface area contributed by atoms with Gasteiger partial charge in [0.05, 0.1) is 6.61 Å². The Hall–Kier alpha value is -0.870. The second-order valence-corrected chi connectivity index (χ2v) is 5.74. The fourth-order valence-electron chi connectivity index (χ4n) is 3.07. The smallest absolute Gasteiger partial charge is 0.220 e. The quantitative estimate of drug-likeness (QED) is 0.854. The molecule has 0 saturated carbocycles. The van der Waals surface area contributed by atoms with Crippen molar-refractivity contribution >= 4 is 11.6 Å². The SMILES string of the molecule is Cc1c(Cl)ncnc1OCC1CC2CCC(C1)N2. The number of nitrogens with one attached hydrogen (secondary N) is 1. The van der Waals surface area contributed by atoms with E-state index in [-0.39, 0.29) is 0 Å². The van der Waals surface area contributed by atoms with Crippen molar-refractivity contribution in [1.82, 2.24) is 15.3 Å². The third kappa shape index (κ3) is 2.45. The van der Waals surface area contributed by atoms with Gasteiger partial charge < -0.3 is 10.1 Å². The summed E-state index contributed by atoms with van der Waals surface area (Å²) in [5.74, 6) is 1.26. The first-order chi connectivity index (χ1) is 8.72. The van der Waals surface area contributed by atoms with Crippen LogP contribution in [0.4, 0.5) is 0 Å². The summed E-state index contributed by atoms with van der Waals surface area (Å²) < 4.78 is 5.82. The van der Waals surface area contributed by atoms with E-state index in [1.165, 1.54) is 32.0 Å². The lowest BCUT2D eigenvalue weighted by molar-refractivity contribution is 0.184. The molecule has 2 unspecified atom stereocenters. The fraction of sp³-hybridized carbons (Fsp3) is 0.692. The average Bonchev–Trinajstić information content (AvgIpc) is 2.71. The minimum Gasteiger partial charge on any atom is -0.477 e. The van der Waals surface area contributed by atoms with Crippen molar-refractivity contribution < 1.29 is 4.74 Å². The van der Waals surface area contributed by atoms with Crippen LogP contribution in [0.15, 0.2) is 6.33 Å². The number of piperidine rings is 1. The van der Waals surface area contributed by atoms with E-state index in [9.17, 15) is 0 Å². The Morgan fingerprint density at radius 3 is 2.78 bits per heavy atom. The molecule has 98 valence electrons. The van der Waals surface area contributed by atoms with Crippen LogP contribution in [0, 0.1) is 12.8 Å². The molecule has 3 rings (SSSR count). The highest BCUT2D eigenvalue weighted by molar-refractivity contribution is 6.30. The average molecular weight is 268 g/mol. The molecule has 1 N–H and O–H groups in total. The Morgan fingerprint density at radius 1 is 1.33 bits per heavy atom. The zero-order chi connectivity index (χ0) is 12.5. The molecule has 5 heteroatoms. The molecule has 2 fully saturated rings. The Morgan fingerprint density at radius 2 is 2.06 bits per heavy atom. The second-order valence-electron chi connectivity index (χ2n) is 5.38. The van der Waals surface area contributed by atoms with Gasteiger partial charge in [-0.25, -0.2) is 9.97 Å². The van der Waals surface area contributed by atoms with E-state index in [4.69, 9.17) is 16.3 Å². The largest absolute Gasteiger partial charge is 0.477 e. The van der Waals surface area contributed by atoms with Gasteiger partial charge in [0.25, 0.3) is 0 Å². The van der Waals surface area contributed by atoms with E-state index >= 15 is 0 Å². The number of hydrogen-bond donors (Lipinski definition) is 1. The van der Waals surface area contributed by atoms with Gasteiger partial charge in [0.1, 0.15) is 11.5 Å². The molecule has 2 aliphatic rings. The highest BCUT2D eigenvalue weighted by atomic mass is 35.5. The predicted molar refractivity (Wildman–Crippen MR) is 69.9 cm³/mol. The molecule has 0 radical (unpaired) electrons. The number of nitrogens with zero attached hydrogens (tertiary/aromatic N) is 2. The maximum Gasteiger partial charge on any atom is 0.220 e. The molecule has 2 saturated heterocycles. The number of ether oxygens (including phenoxy) is 1. The second kappa shape index (κ2) is 5.02. The molecule has 2 atom stereocenters. The standard InChI is InChI=1S/C13H18ClN3O/c1-8-12(14)15-7-16-13(8)18-6-9-4-10-2-3-11(5-9)17-10/h7,9-11,17H,2-6H2,1H3. The van der Waals surface area contributed by atoms with Gasteiger partial charge in [0.2, 0.25) is 5.88 Å². The molecule has 0 aliphatic carbocycles. The van der Waals surface area contributed by atoms with E-state index in [0.717, 1.165) is 12.2 Å². The lowest BCUT2D eigenvalue weighted by atomic mass is 9.93. The van der Waals surface area contributed by atoms with Gasteiger partial charge in [0.15, 0.2) is 0 Å². The van der Waals surface area contributed by atoms with Gasteiger partial charge in [0, 0.05) is 17.6 Å². The molecule has 2 bridgehead atoms. The molecule has 0 amide bonds. The fourth-order valence-corrected chi connectivity index (χ4v) is 3.19. The first kappa shape index (κ1) is 12.2. The highest BCUT2D eigenvalue weighted by Crippen LogP contribution is 2.31. The van der Waals surface area contributed by atoms with Crippen molar-refractivity contribution in [1.29, 1.82) is 0 Å². The summed E-state index contributed by atoms with van der Waals surface area (Å²) in [6, 6.07) is 1.40. The van der Waals surface area contributed by atoms with Crippen LogP contribution in [0.25, 0.3) is 0 Å². The van der Waals surface area contributed by atoms with E-state index < -0.39 is 0 Å². The lowest BCUT2D eigenvalue weighted by Crippen LogP contribution is -2.39. The molecule has 0 spiro atoms. The monoisotopic (exact) mass is 267 g/mol. The number of rotatable bonds is 3. The Balaban J connectivity index is 1.59. The van der Waals surface area contributed by atoms with Crippen LogP contribution in [0.1, 0.15) is 31.2 Å². The van der Waals surface area contributed by atoms with E-state index in [2.05, 4.69) is 15.3 Å². The number of aromatic nitrogens is 2. The van der Waals surface area contributed by atoms with Crippen LogP contribution in [0.3, 0.4) is 0 Å². The zero-order valence-corrected chi connectivity index (χ0v) is 11.3. The summed E-state index contributed by atoms with van der Waals surface area (Å²) in [6.07, 6.45) is 6.53. The van der Waals surface area contributed by atoms with Crippen molar-refractivity contribution in [2.24, 2.45) is 5.92 Å². The summed E-state index contributed by atoms with van der Waals surface area (Å²) in [6.45, 7) is 2.63. The van der Waals surface area contributed by atoms with Crippen molar-refractivity contribution in [2.75, 3.05) is 6.61 Å². The van der Waals surface area contributed by atoms with Crippen molar-refractivity contribution in [2.45, 2.75) is 44.7 Å². The Kier molecular flexibility index (Phi) is 3.39. The van der Waals surface area contributed by atoms with Crippen LogP contribution >= 0.6 is 11.6 Å². The molecular formula is C13H18ClN3O. The number of fused-ring (bicyclic) bond motifs is 2.